The molecule has 4 amide bonds. The second-order valence-corrected chi connectivity index (χ2v) is 18.2. The number of nitrogens with two attached hydrogens (primary N) is 1. The molecule has 0 radical (unpaired) electrons. The topological polar surface area (TPSA) is 207 Å². The fourth-order valence-corrected chi connectivity index (χ4v) is 10.0. The number of carbonyl (C=O) groups is 4. The molecule has 57 heavy (non-hydrogen) atoms. The maximum absolute atomic E-state index is 14.2. The van der Waals surface area contributed by atoms with Crippen LogP contribution in [-0.4, -0.2) is 111 Å². The Morgan fingerprint density at radius 1 is 0.737 bits per heavy atom. The molecule has 312 valence electrons. The fourth-order valence-electron chi connectivity index (χ4n) is 7.94. The number of carbonyl (C=O) groups excluding carboxylic acids is 4. The Balaban J connectivity index is 1.37. The van der Waals surface area contributed by atoms with Crippen LogP contribution in [0.5, 0.6) is 0 Å². The van der Waals surface area contributed by atoms with Crippen LogP contribution in [0.25, 0.3) is 0 Å². The first-order chi connectivity index (χ1) is 27.4. The lowest BCUT2D eigenvalue weighted by Gasteiger charge is -2.34. The highest BCUT2D eigenvalue weighted by atomic mass is 32.2. The van der Waals surface area contributed by atoms with Gasteiger partial charge in [0, 0.05) is 82.9 Å². The molecule has 0 spiro atoms. The van der Waals surface area contributed by atoms with E-state index >= 15 is 0 Å². The SMILES string of the molecule is N=C(N)CCCCCNC(=O)[C@@H]1Cc2ccc(cc2)NC(=O)CCN2CCN(CCC(=O)Nc3ccc(cc3)C[C@@H](CS(=O)(=O)CC3CCCCC3)C(=O)N1)CC2. The normalized spacial score (nSPS) is 23.3. The number of anilines is 2. The molecule has 2 aromatic carbocycles. The van der Waals surface area contributed by atoms with Crippen molar-refractivity contribution in [2.45, 2.75) is 89.5 Å². The third-order valence-electron chi connectivity index (χ3n) is 11.3. The van der Waals surface area contributed by atoms with Crippen LogP contribution in [0.15, 0.2) is 48.5 Å². The second-order valence-electron chi connectivity index (χ2n) is 16.0. The molecule has 6 aliphatic rings. The Hall–Kier alpha value is -4.34. The molecule has 8 rings (SSSR count). The number of amides is 4. The number of rotatable bonds is 11. The van der Waals surface area contributed by atoms with E-state index < -0.39 is 27.7 Å². The van der Waals surface area contributed by atoms with Gasteiger partial charge in [0.2, 0.25) is 23.6 Å². The van der Waals surface area contributed by atoms with Gasteiger partial charge in [0.15, 0.2) is 9.84 Å². The molecule has 2 fully saturated rings. The molecule has 2 atom stereocenters. The highest BCUT2D eigenvalue weighted by Gasteiger charge is 2.32. The van der Waals surface area contributed by atoms with E-state index in [1.54, 1.807) is 24.3 Å². The van der Waals surface area contributed by atoms with Crippen LogP contribution in [0.3, 0.4) is 0 Å². The summed E-state index contributed by atoms with van der Waals surface area (Å²) in [5.41, 5.74) is 8.21. The molecule has 15 heteroatoms. The van der Waals surface area contributed by atoms with Crippen LogP contribution in [0.2, 0.25) is 0 Å². The van der Waals surface area contributed by atoms with Crippen LogP contribution in [0.4, 0.5) is 11.4 Å². The molecular formula is C42H62N8O6S. The zero-order valence-corrected chi connectivity index (χ0v) is 34.1. The van der Waals surface area contributed by atoms with Crippen molar-refractivity contribution < 1.29 is 27.6 Å². The van der Waals surface area contributed by atoms with Crippen molar-refractivity contribution >= 4 is 50.7 Å². The first kappa shape index (κ1) is 43.8. The second kappa shape index (κ2) is 22.0. The van der Waals surface area contributed by atoms with E-state index in [1.807, 2.05) is 24.3 Å². The van der Waals surface area contributed by atoms with Crippen molar-refractivity contribution in [2.24, 2.45) is 17.6 Å². The van der Waals surface area contributed by atoms with Gasteiger partial charge in [-0.15, -0.1) is 0 Å². The first-order valence-corrected chi connectivity index (χ1v) is 22.6. The Bertz CT molecular complexity index is 1760. The summed E-state index contributed by atoms with van der Waals surface area (Å²) in [5.74, 6) is -2.19. The van der Waals surface area contributed by atoms with E-state index in [2.05, 4.69) is 31.1 Å². The summed E-state index contributed by atoms with van der Waals surface area (Å²) >= 11 is 0. The smallest absolute Gasteiger partial charge is 0.242 e. The molecule has 5 aliphatic heterocycles. The molecule has 5 heterocycles. The quantitative estimate of drug-likeness (QED) is 0.112. The zero-order chi connectivity index (χ0) is 40.6. The molecule has 1 saturated heterocycles. The lowest BCUT2D eigenvalue weighted by molar-refractivity contribution is -0.130. The van der Waals surface area contributed by atoms with Gasteiger partial charge >= 0.3 is 0 Å². The van der Waals surface area contributed by atoms with Crippen molar-refractivity contribution in [1.82, 2.24) is 20.4 Å². The molecule has 0 unspecified atom stereocenters. The highest BCUT2D eigenvalue weighted by Crippen LogP contribution is 2.26. The Morgan fingerprint density at radius 3 is 1.82 bits per heavy atom. The van der Waals surface area contributed by atoms with Gasteiger partial charge < -0.3 is 36.8 Å². The summed E-state index contributed by atoms with van der Waals surface area (Å²) in [6.07, 6.45) is 8.45. The van der Waals surface area contributed by atoms with E-state index in [-0.39, 0.29) is 53.8 Å². The van der Waals surface area contributed by atoms with Crippen molar-refractivity contribution in [2.75, 3.05) is 68.0 Å². The fraction of sp³-hybridized carbons (Fsp3) is 0.595. The van der Waals surface area contributed by atoms with Gasteiger partial charge in [-0.25, -0.2) is 8.42 Å². The number of hydrogen-bond donors (Lipinski definition) is 6. The Kier molecular flexibility index (Phi) is 16.9. The number of unbranched alkanes of at least 4 members (excludes halogenated alkanes) is 2. The maximum atomic E-state index is 14.2. The third kappa shape index (κ3) is 15.5. The van der Waals surface area contributed by atoms with E-state index in [0.29, 0.717) is 56.7 Å². The van der Waals surface area contributed by atoms with Gasteiger partial charge in [-0.3, -0.25) is 24.6 Å². The summed E-state index contributed by atoms with van der Waals surface area (Å²) < 4.78 is 27.4. The van der Waals surface area contributed by atoms with Crippen molar-refractivity contribution in [3.8, 4) is 0 Å². The summed E-state index contributed by atoms with van der Waals surface area (Å²) in [4.78, 5) is 58.2. The largest absolute Gasteiger partial charge is 0.388 e. The molecule has 1 saturated carbocycles. The Labute approximate surface area is 337 Å². The number of sulfone groups is 1. The van der Waals surface area contributed by atoms with Gasteiger partial charge in [0.1, 0.15) is 6.04 Å². The first-order valence-electron chi connectivity index (χ1n) is 20.7. The number of nitrogens with zero attached hydrogens (tertiary/aromatic N) is 2. The highest BCUT2D eigenvalue weighted by molar-refractivity contribution is 7.91. The lowest BCUT2D eigenvalue weighted by atomic mass is 9.91. The third-order valence-corrected chi connectivity index (χ3v) is 13.2. The molecule has 6 bridgehead atoms. The number of amidine groups is 1. The number of piperazine rings is 1. The number of fused-ring (bicyclic) bond motifs is 3. The number of nitrogens with one attached hydrogen (secondary N) is 5. The van der Waals surface area contributed by atoms with Crippen LogP contribution in [0.1, 0.15) is 81.8 Å². The molecule has 0 aromatic heterocycles. The summed E-state index contributed by atoms with van der Waals surface area (Å²) in [6, 6.07) is 13.4. The monoisotopic (exact) mass is 806 g/mol. The standard InChI is InChI=1S/C42H62N8O6S/c43-38(44)9-5-2-6-20-45-42(54)37-28-32-12-16-36(17-13-32)47-40(52)19-22-50-25-23-49(24-26-50)21-18-39(51)46-35-14-10-31(11-15-35)27-34(41(53)48-37)30-57(55,56)29-33-7-3-1-4-8-33/h10-17,33-34,37H,1-9,18-30H2,(H3,43,44)(H,45,54)(H,46,51)(H,47,52)(H,48,53)/t34-,37-/m0/s1. The molecule has 1 aliphatic carbocycles. The summed E-state index contributed by atoms with van der Waals surface area (Å²) in [7, 11) is -3.63. The van der Waals surface area contributed by atoms with Crippen LogP contribution in [-0.2, 0) is 41.9 Å². The van der Waals surface area contributed by atoms with E-state index in [9.17, 15) is 27.6 Å². The minimum atomic E-state index is -3.63. The van der Waals surface area contributed by atoms with Crippen LogP contribution < -0.4 is 27.0 Å². The maximum Gasteiger partial charge on any atom is 0.242 e. The van der Waals surface area contributed by atoms with Crippen molar-refractivity contribution in [1.29, 1.82) is 5.41 Å². The average Bonchev–Trinajstić information content (AvgIpc) is 3.18. The molecule has 14 nitrogen and oxygen atoms in total. The minimum Gasteiger partial charge on any atom is -0.388 e. The van der Waals surface area contributed by atoms with Crippen LogP contribution in [0, 0.1) is 17.2 Å². The van der Waals surface area contributed by atoms with Gasteiger partial charge in [0.05, 0.1) is 23.3 Å². The van der Waals surface area contributed by atoms with E-state index in [0.717, 1.165) is 82.3 Å². The molecule has 2 aromatic rings. The van der Waals surface area contributed by atoms with Gasteiger partial charge in [-0.2, -0.15) is 0 Å². The predicted octanol–water partition coefficient (Wildman–Crippen LogP) is 3.47. The molecular weight excluding hydrogens is 745 g/mol. The predicted molar refractivity (Wildman–Crippen MR) is 224 cm³/mol. The zero-order valence-electron chi connectivity index (χ0n) is 33.2. The summed E-state index contributed by atoms with van der Waals surface area (Å²) in [5, 5.41) is 19.2. The summed E-state index contributed by atoms with van der Waals surface area (Å²) in [6.45, 7) is 4.89. The van der Waals surface area contributed by atoms with Crippen molar-refractivity contribution in [3.05, 3.63) is 59.7 Å². The van der Waals surface area contributed by atoms with E-state index in [4.69, 9.17) is 11.1 Å². The number of hydrogen-bond acceptors (Lipinski definition) is 9. The number of benzene rings is 2. The van der Waals surface area contributed by atoms with Gasteiger partial charge in [-0.05, 0) is 73.4 Å². The Morgan fingerprint density at radius 2 is 1.28 bits per heavy atom. The average molecular weight is 807 g/mol. The lowest BCUT2D eigenvalue weighted by Crippen LogP contribution is -2.51. The van der Waals surface area contributed by atoms with Crippen LogP contribution >= 0.6 is 0 Å². The minimum absolute atomic E-state index is 0.0356. The van der Waals surface area contributed by atoms with Gasteiger partial charge in [-0.1, -0.05) is 49.9 Å². The molecule has 7 N–H and O–H groups in total. The van der Waals surface area contributed by atoms with E-state index in [1.165, 1.54) is 0 Å². The van der Waals surface area contributed by atoms with Gasteiger partial charge in [0.25, 0.3) is 0 Å². The van der Waals surface area contributed by atoms with Crippen molar-refractivity contribution in [3.63, 3.8) is 0 Å².